The Bertz CT molecular complexity index is 852. The molecule has 0 aliphatic carbocycles. The number of esters is 1. The van der Waals surface area contributed by atoms with Gasteiger partial charge in [0.25, 0.3) is 0 Å². The summed E-state index contributed by atoms with van der Waals surface area (Å²) in [6.45, 7) is 1.56. The van der Waals surface area contributed by atoms with E-state index in [1.54, 1.807) is 12.1 Å². The predicted octanol–water partition coefficient (Wildman–Crippen LogP) is 0.0781. The molecule has 0 spiro atoms. The summed E-state index contributed by atoms with van der Waals surface area (Å²) in [6, 6.07) is 8.01. The second-order valence-corrected chi connectivity index (χ2v) is 11.2. The van der Waals surface area contributed by atoms with Crippen molar-refractivity contribution in [2.24, 2.45) is 0 Å². The minimum Gasteiger partial charge on any atom is -1.00 e. The van der Waals surface area contributed by atoms with E-state index < -0.39 is 11.6 Å². The fourth-order valence-electron chi connectivity index (χ4n) is 5.27. The highest BCUT2D eigenvalue weighted by molar-refractivity contribution is 7.12. The van der Waals surface area contributed by atoms with Gasteiger partial charge in [-0.25, -0.2) is 14.6 Å². The van der Waals surface area contributed by atoms with Gasteiger partial charge in [0, 0.05) is 12.8 Å². The van der Waals surface area contributed by atoms with Crippen LogP contribution in [-0.2, 0) is 29.6 Å². The van der Waals surface area contributed by atoms with Crippen molar-refractivity contribution in [1.82, 2.24) is 0 Å². The highest BCUT2D eigenvalue weighted by atomic mass is 79.9. The van der Waals surface area contributed by atoms with Crippen molar-refractivity contribution in [1.29, 1.82) is 0 Å². The number of hydrogen-bond donors (Lipinski definition) is 1. The molecular weight excluding hydrogens is 530 g/mol. The number of thiophene rings is 2. The molecule has 5 atom stereocenters. The molecule has 0 radical (unpaired) electrons. The quantitative estimate of drug-likeness (QED) is 0.247. The van der Waals surface area contributed by atoms with E-state index >= 15 is 0 Å². The van der Waals surface area contributed by atoms with Gasteiger partial charge in [0.15, 0.2) is 0 Å². The lowest BCUT2D eigenvalue weighted by Crippen LogP contribution is -3.00. The molecule has 182 valence electrons. The lowest BCUT2D eigenvalue weighted by Gasteiger charge is -2.45. The van der Waals surface area contributed by atoms with E-state index in [1.807, 2.05) is 22.9 Å². The second kappa shape index (κ2) is 10.0. The van der Waals surface area contributed by atoms with E-state index in [4.69, 9.17) is 9.47 Å². The molecule has 7 nitrogen and oxygen atoms in total. The molecule has 10 heteroatoms. The Morgan fingerprint density at radius 1 is 1.03 bits per heavy atom. The fourth-order valence-corrected chi connectivity index (χ4v) is 6.98. The van der Waals surface area contributed by atoms with Gasteiger partial charge in [0.05, 0.1) is 37.1 Å². The van der Waals surface area contributed by atoms with E-state index in [0.29, 0.717) is 34.0 Å². The Morgan fingerprint density at radius 2 is 1.55 bits per heavy atom. The minimum atomic E-state index is -1.72. The topological polar surface area (TPSA) is 77.5 Å². The molecule has 1 N–H and O–H groups in total. The summed E-state index contributed by atoms with van der Waals surface area (Å²) < 4.78 is 12.6. The SMILES string of the molecule is C1CCOOC1.C[N+]1(C)[C@@H]2CC(OC(=O)C(O)(c3cccs3)c3cccs3)C[C@H]1[C@@H]1O[C@@H]12.[Br-]. The van der Waals surface area contributed by atoms with Gasteiger partial charge in [0.2, 0.25) is 5.60 Å². The number of epoxide rings is 1. The zero-order valence-corrected chi connectivity index (χ0v) is 21.9. The van der Waals surface area contributed by atoms with Crippen LogP contribution >= 0.6 is 22.7 Å². The summed E-state index contributed by atoms with van der Waals surface area (Å²) in [5, 5.41) is 15.1. The lowest BCUT2D eigenvalue weighted by atomic mass is 9.95. The molecule has 2 aromatic rings. The Labute approximate surface area is 212 Å². The highest BCUT2D eigenvalue weighted by Gasteiger charge is 2.71. The molecule has 0 aromatic carbocycles. The van der Waals surface area contributed by atoms with Crippen LogP contribution < -0.4 is 17.0 Å². The van der Waals surface area contributed by atoms with Crippen molar-refractivity contribution in [3.8, 4) is 0 Å². The maximum absolute atomic E-state index is 13.1. The average molecular weight is 561 g/mol. The van der Waals surface area contributed by atoms with Crippen LogP contribution in [0.15, 0.2) is 35.0 Å². The molecule has 0 amide bonds. The highest BCUT2D eigenvalue weighted by Crippen LogP contribution is 2.52. The molecule has 2 bridgehead atoms. The summed E-state index contributed by atoms with van der Waals surface area (Å²) in [6.07, 6.45) is 4.36. The van der Waals surface area contributed by atoms with Gasteiger partial charge >= 0.3 is 5.97 Å². The van der Waals surface area contributed by atoms with Crippen LogP contribution in [-0.4, -0.2) is 73.3 Å². The van der Waals surface area contributed by atoms with E-state index in [2.05, 4.69) is 23.9 Å². The van der Waals surface area contributed by atoms with E-state index in [1.165, 1.54) is 22.7 Å². The number of piperidine rings is 1. The van der Waals surface area contributed by atoms with Crippen molar-refractivity contribution in [2.75, 3.05) is 27.3 Å². The summed E-state index contributed by atoms with van der Waals surface area (Å²) >= 11 is 2.74. The number of carbonyl (C=O) groups excluding carboxylic acids is 1. The van der Waals surface area contributed by atoms with Crippen molar-refractivity contribution in [3.05, 3.63) is 44.8 Å². The number of halogens is 1. The average Bonchev–Trinajstić information content (AvgIpc) is 3.14. The van der Waals surface area contributed by atoms with Crippen LogP contribution in [0.3, 0.4) is 0 Å². The third-order valence-corrected chi connectivity index (χ3v) is 9.11. The van der Waals surface area contributed by atoms with Crippen LogP contribution in [0.2, 0.25) is 0 Å². The number of morpholine rings is 1. The van der Waals surface area contributed by atoms with Gasteiger partial charge in [-0.15, -0.1) is 22.7 Å². The standard InChI is InChI=1S/C19H22NO4S2.C4H8O2.BrH/c1-20(2)12-9-11(10-13(20)17-16(12)24-17)23-18(21)19(22,14-5-3-7-25-14)15-6-4-8-26-15;1-2-4-6-5-3-1;/h3-8,11-13,16-17,22H,9-10H2,1-2H3;1-4H2;1H/q+1;;/p-1/t11?,12-,13+,16-,17+;;. The zero-order chi connectivity index (χ0) is 22.3. The Balaban J connectivity index is 0.000000325. The Hall–Kier alpha value is -0.850. The number of quaternary nitrogens is 1. The van der Waals surface area contributed by atoms with E-state index in [0.717, 1.165) is 43.4 Å². The summed E-state index contributed by atoms with van der Waals surface area (Å²) in [5.74, 6) is -0.561. The number of likely N-dealkylation sites (N-methyl/N-ethyl adjacent to an activating group) is 1. The summed E-state index contributed by atoms with van der Waals surface area (Å²) in [7, 11) is 4.49. The van der Waals surface area contributed by atoms with Crippen LogP contribution in [0.5, 0.6) is 0 Å². The van der Waals surface area contributed by atoms with Crippen LogP contribution in [0.4, 0.5) is 0 Å². The number of carbonyl (C=O) groups is 1. The van der Waals surface area contributed by atoms with E-state index in [9.17, 15) is 9.90 Å². The lowest BCUT2D eigenvalue weighted by molar-refractivity contribution is -0.938. The molecule has 33 heavy (non-hydrogen) atoms. The molecule has 1 unspecified atom stereocenters. The monoisotopic (exact) mass is 559 g/mol. The van der Waals surface area contributed by atoms with Crippen LogP contribution in [0.1, 0.15) is 35.4 Å². The first-order valence-corrected chi connectivity index (χ1v) is 12.9. The van der Waals surface area contributed by atoms with Gasteiger partial charge in [-0.1, -0.05) is 12.1 Å². The maximum Gasteiger partial charge on any atom is 0.349 e. The first-order chi connectivity index (χ1) is 15.4. The normalized spacial score (nSPS) is 31.4. The molecule has 6 rings (SSSR count). The van der Waals surface area contributed by atoms with Gasteiger partial charge < -0.3 is 36.0 Å². The smallest absolute Gasteiger partial charge is 0.349 e. The molecule has 4 fully saturated rings. The van der Waals surface area contributed by atoms with Crippen molar-refractivity contribution in [2.45, 2.75) is 61.7 Å². The number of rotatable bonds is 4. The van der Waals surface area contributed by atoms with Crippen molar-refractivity contribution < 1.29 is 50.6 Å². The number of aliphatic hydroxyl groups is 1. The maximum atomic E-state index is 13.1. The molecule has 4 saturated heterocycles. The van der Waals surface area contributed by atoms with Gasteiger partial charge in [0.1, 0.15) is 30.4 Å². The first kappa shape index (κ1) is 25.2. The van der Waals surface area contributed by atoms with Crippen LogP contribution in [0, 0.1) is 0 Å². The molecule has 4 aliphatic heterocycles. The van der Waals surface area contributed by atoms with Crippen molar-refractivity contribution >= 4 is 28.6 Å². The van der Waals surface area contributed by atoms with Crippen LogP contribution in [0.25, 0.3) is 0 Å². The molecule has 4 aliphatic rings. The fraction of sp³-hybridized carbons (Fsp3) is 0.609. The van der Waals surface area contributed by atoms with E-state index in [-0.39, 0.29) is 23.1 Å². The predicted molar refractivity (Wildman–Crippen MR) is 120 cm³/mol. The van der Waals surface area contributed by atoms with Crippen molar-refractivity contribution in [3.63, 3.8) is 0 Å². The summed E-state index contributed by atoms with van der Waals surface area (Å²) in [5.41, 5.74) is -1.72. The molecule has 6 heterocycles. The molecule has 2 aromatic heterocycles. The first-order valence-electron chi connectivity index (χ1n) is 11.2. The Morgan fingerprint density at radius 3 is 1.94 bits per heavy atom. The van der Waals surface area contributed by atoms with Gasteiger partial charge in [-0.05, 0) is 35.7 Å². The molecular formula is C23H30BrNO6S2. The number of nitrogens with zero attached hydrogens (tertiary/aromatic N) is 1. The number of fused-ring (bicyclic) bond motifs is 5. The third kappa shape index (κ3) is 4.69. The Kier molecular flexibility index (Phi) is 7.67. The second-order valence-electron chi connectivity index (χ2n) is 9.34. The number of ether oxygens (including phenoxy) is 2. The van der Waals surface area contributed by atoms with Gasteiger partial charge in [-0.2, -0.15) is 0 Å². The minimum absolute atomic E-state index is 0. The summed E-state index contributed by atoms with van der Waals surface area (Å²) in [4.78, 5) is 23.5. The van der Waals surface area contributed by atoms with Gasteiger partial charge in [-0.3, -0.25) is 0 Å². The molecule has 0 saturated carbocycles. The number of hydrogen-bond acceptors (Lipinski definition) is 8. The zero-order valence-electron chi connectivity index (χ0n) is 18.7. The largest absolute Gasteiger partial charge is 1.00 e. The third-order valence-electron chi connectivity index (χ3n) is 7.15.